The molecule has 2 rings (SSSR count). The summed E-state index contributed by atoms with van der Waals surface area (Å²) in [5.41, 5.74) is 12.3. The van der Waals surface area contributed by atoms with Gasteiger partial charge in [0.05, 0.1) is 3.79 Å². The van der Waals surface area contributed by atoms with Crippen molar-refractivity contribution in [2.45, 2.75) is 25.3 Å². The molecule has 0 radical (unpaired) electrons. The van der Waals surface area contributed by atoms with Crippen LogP contribution in [-0.4, -0.2) is 6.54 Å². The van der Waals surface area contributed by atoms with Crippen LogP contribution in [0.25, 0.3) is 0 Å². The van der Waals surface area contributed by atoms with Crippen molar-refractivity contribution in [1.29, 1.82) is 0 Å². The number of nitrogens with two attached hydrogens (primary N) is 2. The number of hydrogen-bond acceptors (Lipinski definition) is 3. The van der Waals surface area contributed by atoms with Gasteiger partial charge in [0.1, 0.15) is 0 Å². The first-order valence-electron chi connectivity index (χ1n) is 4.89. The Morgan fingerprint density at radius 2 is 2.21 bits per heavy atom. The molecule has 4 N–H and O–H groups in total. The standard InChI is InChI=1S/C10H15BrN2S/c11-8-3-2-7(14-8)9(13)10(6-12)4-1-5-10/h2-3,9H,1,4-6,12-13H2. The Kier molecular flexibility index (Phi) is 2.98. The third-order valence-corrected chi connectivity index (χ3v) is 5.02. The van der Waals surface area contributed by atoms with Crippen LogP contribution in [-0.2, 0) is 0 Å². The zero-order valence-corrected chi connectivity index (χ0v) is 10.4. The van der Waals surface area contributed by atoms with Crippen LogP contribution in [0.1, 0.15) is 30.2 Å². The Morgan fingerprint density at radius 3 is 2.57 bits per heavy atom. The Hall–Kier alpha value is 0.1000. The van der Waals surface area contributed by atoms with Crippen LogP contribution in [0.2, 0.25) is 0 Å². The van der Waals surface area contributed by atoms with Crippen LogP contribution in [0.15, 0.2) is 15.9 Å². The molecule has 0 spiro atoms. The first-order valence-corrected chi connectivity index (χ1v) is 6.50. The van der Waals surface area contributed by atoms with E-state index in [-0.39, 0.29) is 11.5 Å². The van der Waals surface area contributed by atoms with E-state index in [0.29, 0.717) is 6.54 Å². The second-order valence-electron chi connectivity index (χ2n) is 4.04. The minimum Gasteiger partial charge on any atom is -0.330 e. The largest absolute Gasteiger partial charge is 0.330 e. The van der Waals surface area contributed by atoms with Gasteiger partial charge in [-0.1, -0.05) is 6.42 Å². The van der Waals surface area contributed by atoms with Crippen LogP contribution in [0, 0.1) is 5.41 Å². The maximum Gasteiger partial charge on any atom is 0.0701 e. The molecule has 1 heterocycles. The quantitative estimate of drug-likeness (QED) is 0.891. The van der Waals surface area contributed by atoms with E-state index in [1.807, 2.05) is 0 Å². The SMILES string of the molecule is NCC1(C(N)c2ccc(Br)s2)CCC1. The molecule has 1 atom stereocenters. The summed E-state index contributed by atoms with van der Waals surface area (Å²) in [5, 5.41) is 0. The Bertz CT molecular complexity index is 314. The lowest BCUT2D eigenvalue weighted by Gasteiger charge is -2.45. The predicted octanol–water partition coefficient (Wildman–Crippen LogP) is 2.64. The van der Waals surface area contributed by atoms with Gasteiger partial charge in [-0.25, -0.2) is 0 Å². The van der Waals surface area contributed by atoms with Crippen molar-refractivity contribution in [3.8, 4) is 0 Å². The molecule has 0 aliphatic heterocycles. The molecule has 0 bridgehead atoms. The van der Waals surface area contributed by atoms with Crippen LogP contribution in [0.4, 0.5) is 0 Å². The zero-order valence-electron chi connectivity index (χ0n) is 8.00. The Balaban J connectivity index is 2.18. The lowest BCUT2D eigenvalue weighted by molar-refractivity contribution is 0.106. The Morgan fingerprint density at radius 1 is 1.50 bits per heavy atom. The molecule has 1 aliphatic rings. The van der Waals surface area contributed by atoms with Crippen molar-refractivity contribution in [2.24, 2.45) is 16.9 Å². The maximum atomic E-state index is 6.27. The van der Waals surface area contributed by atoms with Gasteiger partial charge >= 0.3 is 0 Å². The van der Waals surface area contributed by atoms with Crippen molar-refractivity contribution in [3.63, 3.8) is 0 Å². The highest BCUT2D eigenvalue weighted by Crippen LogP contribution is 2.49. The van der Waals surface area contributed by atoms with Gasteiger partial charge in [0, 0.05) is 16.3 Å². The monoisotopic (exact) mass is 274 g/mol. The molecule has 0 saturated heterocycles. The van der Waals surface area contributed by atoms with E-state index in [9.17, 15) is 0 Å². The second-order valence-corrected chi connectivity index (χ2v) is 6.53. The molecule has 1 aliphatic carbocycles. The first kappa shape index (κ1) is 10.6. The van der Waals surface area contributed by atoms with E-state index in [1.54, 1.807) is 11.3 Å². The maximum absolute atomic E-state index is 6.27. The normalized spacial score (nSPS) is 21.6. The van der Waals surface area contributed by atoms with Crippen molar-refractivity contribution < 1.29 is 0 Å². The molecule has 1 unspecified atom stereocenters. The summed E-state index contributed by atoms with van der Waals surface area (Å²) in [6.07, 6.45) is 3.64. The molecule has 1 fully saturated rings. The summed E-state index contributed by atoms with van der Waals surface area (Å²) in [6.45, 7) is 0.712. The van der Waals surface area contributed by atoms with Crippen molar-refractivity contribution in [3.05, 3.63) is 20.8 Å². The summed E-state index contributed by atoms with van der Waals surface area (Å²) in [6, 6.07) is 4.29. The molecular weight excluding hydrogens is 260 g/mol. The average molecular weight is 275 g/mol. The minimum absolute atomic E-state index is 0.123. The molecule has 4 heteroatoms. The molecule has 14 heavy (non-hydrogen) atoms. The highest BCUT2D eigenvalue weighted by Gasteiger charge is 2.42. The molecule has 1 saturated carbocycles. The predicted molar refractivity (Wildman–Crippen MR) is 64.3 cm³/mol. The van der Waals surface area contributed by atoms with Crippen LogP contribution in [0.3, 0.4) is 0 Å². The smallest absolute Gasteiger partial charge is 0.0701 e. The molecule has 0 amide bonds. The summed E-state index contributed by atoms with van der Waals surface area (Å²) in [4.78, 5) is 1.25. The summed E-state index contributed by atoms with van der Waals surface area (Å²) >= 11 is 5.18. The summed E-state index contributed by atoms with van der Waals surface area (Å²) in [5.74, 6) is 0. The average Bonchev–Trinajstić information content (AvgIpc) is 2.50. The number of rotatable bonds is 3. The fraction of sp³-hybridized carbons (Fsp3) is 0.600. The van der Waals surface area contributed by atoms with Gasteiger partial charge in [-0.15, -0.1) is 11.3 Å². The third kappa shape index (κ3) is 1.65. The van der Waals surface area contributed by atoms with Gasteiger partial charge in [0.25, 0.3) is 0 Å². The lowest BCUT2D eigenvalue weighted by atomic mass is 9.64. The van der Waals surface area contributed by atoms with E-state index < -0.39 is 0 Å². The third-order valence-electron chi connectivity index (χ3n) is 3.32. The van der Waals surface area contributed by atoms with Crippen LogP contribution >= 0.6 is 27.3 Å². The van der Waals surface area contributed by atoms with E-state index in [1.165, 1.54) is 24.1 Å². The van der Waals surface area contributed by atoms with Gasteiger partial charge in [-0.2, -0.15) is 0 Å². The van der Waals surface area contributed by atoms with Crippen molar-refractivity contribution in [2.75, 3.05) is 6.54 Å². The van der Waals surface area contributed by atoms with Gasteiger partial charge in [0.15, 0.2) is 0 Å². The zero-order chi connectivity index (χ0) is 10.2. The topological polar surface area (TPSA) is 52.0 Å². The molecule has 78 valence electrons. The Labute approximate surface area is 96.8 Å². The highest BCUT2D eigenvalue weighted by molar-refractivity contribution is 9.11. The van der Waals surface area contributed by atoms with Gasteiger partial charge < -0.3 is 11.5 Å². The van der Waals surface area contributed by atoms with Gasteiger partial charge in [0.2, 0.25) is 0 Å². The number of halogens is 1. The number of hydrogen-bond donors (Lipinski definition) is 2. The van der Waals surface area contributed by atoms with Crippen LogP contribution < -0.4 is 11.5 Å². The fourth-order valence-electron chi connectivity index (χ4n) is 2.07. The van der Waals surface area contributed by atoms with Crippen LogP contribution in [0.5, 0.6) is 0 Å². The van der Waals surface area contributed by atoms with Gasteiger partial charge in [-0.3, -0.25) is 0 Å². The van der Waals surface area contributed by atoms with E-state index in [2.05, 4.69) is 28.1 Å². The minimum atomic E-state index is 0.123. The molecule has 2 nitrogen and oxygen atoms in total. The number of thiophene rings is 1. The van der Waals surface area contributed by atoms with E-state index in [4.69, 9.17) is 11.5 Å². The highest BCUT2D eigenvalue weighted by atomic mass is 79.9. The molecular formula is C10H15BrN2S. The first-order chi connectivity index (χ1) is 6.68. The fourth-order valence-corrected chi connectivity index (χ4v) is 3.64. The molecule has 0 aromatic carbocycles. The van der Waals surface area contributed by atoms with Crippen molar-refractivity contribution in [1.82, 2.24) is 0 Å². The van der Waals surface area contributed by atoms with Gasteiger partial charge in [-0.05, 0) is 47.4 Å². The van der Waals surface area contributed by atoms with E-state index >= 15 is 0 Å². The summed E-state index contributed by atoms with van der Waals surface area (Å²) in [7, 11) is 0. The summed E-state index contributed by atoms with van der Waals surface area (Å²) < 4.78 is 1.15. The second kappa shape index (κ2) is 3.93. The molecule has 1 aromatic rings. The molecule has 1 aromatic heterocycles. The lowest BCUT2D eigenvalue weighted by Crippen LogP contribution is -2.45. The van der Waals surface area contributed by atoms with E-state index in [0.717, 1.165) is 3.79 Å². The van der Waals surface area contributed by atoms with Crippen molar-refractivity contribution >= 4 is 27.3 Å².